The molecule has 1 unspecified atom stereocenters. The van der Waals surface area contributed by atoms with Gasteiger partial charge in [0, 0.05) is 36.0 Å². The molecule has 3 rings (SSSR count). The van der Waals surface area contributed by atoms with Crippen molar-refractivity contribution in [3.63, 3.8) is 0 Å². The van der Waals surface area contributed by atoms with E-state index in [1.54, 1.807) is 34.7 Å². The quantitative estimate of drug-likeness (QED) is 0.797. The molecule has 2 heterocycles. The van der Waals surface area contributed by atoms with Crippen LogP contribution in [0.5, 0.6) is 0 Å². The number of rotatable bonds is 6. The minimum absolute atomic E-state index is 0.0281. The molecule has 1 aromatic heterocycles. The molecule has 7 heteroatoms. The average Bonchev–Trinajstić information content (AvgIpc) is 3.15. The molecular formula is C20H26N2O3S2. The highest BCUT2D eigenvalue weighted by Gasteiger charge is 2.28. The summed E-state index contributed by atoms with van der Waals surface area (Å²) >= 11 is 1.66. The number of hydrogen-bond acceptors (Lipinski definition) is 4. The molecule has 5 nitrogen and oxygen atoms in total. The predicted octanol–water partition coefficient (Wildman–Crippen LogP) is 3.59. The molecule has 0 bridgehead atoms. The number of amides is 1. The van der Waals surface area contributed by atoms with Gasteiger partial charge in [0.2, 0.25) is 10.0 Å². The first-order valence-corrected chi connectivity index (χ1v) is 11.6. The van der Waals surface area contributed by atoms with Crippen LogP contribution in [0.4, 0.5) is 0 Å². The largest absolute Gasteiger partial charge is 0.349 e. The van der Waals surface area contributed by atoms with E-state index in [4.69, 9.17) is 0 Å². The highest BCUT2D eigenvalue weighted by Crippen LogP contribution is 2.24. The zero-order valence-corrected chi connectivity index (χ0v) is 17.4. The van der Waals surface area contributed by atoms with Crippen molar-refractivity contribution in [2.24, 2.45) is 0 Å². The topological polar surface area (TPSA) is 66.5 Å². The summed E-state index contributed by atoms with van der Waals surface area (Å²) in [5.74, 6) is -0.242. The maximum atomic E-state index is 13.0. The minimum Gasteiger partial charge on any atom is -0.349 e. The second-order valence-corrected chi connectivity index (χ2v) is 10.0. The van der Waals surface area contributed by atoms with E-state index in [2.05, 4.69) is 5.32 Å². The first-order valence-electron chi connectivity index (χ1n) is 9.32. The Kier molecular flexibility index (Phi) is 6.34. The van der Waals surface area contributed by atoms with Gasteiger partial charge in [-0.25, -0.2) is 8.42 Å². The van der Waals surface area contributed by atoms with Crippen LogP contribution in [-0.4, -0.2) is 37.8 Å². The number of nitrogens with one attached hydrogen (secondary N) is 1. The van der Waals surface area contributed by atoms with Crippen molar-refractivity contribution < 1.29 is 13.2 Å². The Morgan fingerprint density at radius 1 is 1.22 bits per heavy atom. The Balaban J connectivity index is 1.76. The summed E-state index contributed by atoms with van der Waals surface area (Å²) < 4.78 is 27.6. The maximum absolute atomic E-state index is 13.0. The molecule has 1 saturated heterocycles. The van der Waals surface area contributed by atoms with Gasteiger partial charge in [-0.3, -0.25) is 4.79 Å². The maximum Gasteiger partial charge on any atom is 0.251 e. The van der Waals surface area contributed by atoms with Gasteiger partial charge in [-0.05, 0) is 55.8 Å². The molecule has 27 heavy (non-hydrogen) atoms. The Hall–Kier alpha value is -1.70. The molecule has 0 aliphatic carbocycles. The van der Waals surface area contributed by atoms with Crippen molar-refractivity contribution in [1.82, 2.24) is 9.62 Å². The molecule has 146 valence electrons. The Morgan fingerprint density at radius 3 is 2.63 bits per heavy atom. The zero-order valence-electron chi connectivity index (χ0n) is 15.8. The van der Waals surface area contributed by atoms with Gasteiger partial charge >= 0.3 is 0 Å². The van der Waals surface area contributed by atoms with Crippen LogP contribution in [0.2, 0.25) is 0 Å². The summed E-state index contributed by atoms with van der Waals surface area (Å²) in [5, 5.41) is 4.99. The van der Waals surface area contributed by atoms with Crippen molar-refractivity contribution in [3.8, 4) is 0 Å². The zero-order chi connectivity index (χ0) is 19.4. The number of thiophene rings is 1. The van der Waals surface area contributed by atoms with E-state index < -0.39 is 10.0 Å². The highest BCUT2D eigenvalue weighted by molar-refractivity contribution is 7.89. The number of benzene rings is 1. The summed E-state index contributed by atoms with van der Waals surface area (Å²) in [4.78, 5) is 14.1. The van der Waals surface area contributed by atoms with Gasteiger partial charge in [0.15, 0.2) is 0 Å². The summed E-state index contributed by atoms with van der Waals surface area (Å²) in [7, 11) is -3.56. The summed E-state index contributed by atoms with van der Waals surface area (Å²) in [5.41, 5.74) is 1.05. The molecule has 1 aromatic carbocycles. The number of aryl methyl sites for hydroxylation is 1. The fourth-order valence-electron chi connectivity index (χ4n) is 3.35. The predicted molar refractivity (Wildman–Crippen MR) is 109 cm³/mol. The lowest BCUT2D eigenvalue weighted by Gasteiger charge is -2.26. The number of carbonyl (C=O) groups excluding carboxylic acids is 1. The van der Waals surface area contributed by atoms with E-state index in [0.717, 1.165) is 25.7 Å². The first kappa shape index (κ1) is 20.0. The molecule has 1 atom stereocenters. The van der Waals surface area contributed by atoms with Gasteiger partial charge in [0.1, 0.15) is 0 Å². The molecule has 1 fully saturated rings. The van der Waals surface area contributed by atoms with Crippen LogP contribution in [-0.2, 0) is 16.4 Å². The molecule has 1 aliphatic rings. The third-order valence-corrected chi connectivity index (χ3v) is 7.79. The lowest BCUT2D eigenvalue weighted by molar-refractivity contribution is 0.0940. The van der Waals surface area contributed by atoms with Gasteiger partial charge in [0.25, 0.3) is 5.91 Å². The molecule has 1 N–H and O–H groups in total. The third-order valence-electron chi connectivity index (χ3n) is 4.85. The molecule has 1 aliphatic heterocycles. The Morgan fingerprint density at radius 2 is 1.96 bits per heavy atom. The van der Waals surface area contributed by atoms with Crippen LogP contribution in [0, 0.1) is 6.92 Å². The lowest BCUT2D eigenvalue weighted by Crippen LogP contribution is -2.36. The number of piperidine rings is 1. The fraction of sp³-hybridized carbons (Fsp3) is 0.450. The number of carbonyl (C=O) groups is 1. The third kappa shape index (κ3) is 4.78. The fourth-order valence-corrected chi connectivity index (χ4v) is 5.96. The lowest BCUT2D eigenvalue weighted by atomic mass is 10.1. The monoisotopic (exact) mass is 406 g/mol. The second kappa shape index (κ2) is 8.54. The minimum atomic E-state index is -3.56. The van der Waals surface area contributed by atoms with Gasteiger partial charge in [-0.2, -0.15) is 4.31 Å². The average molecular weight is 407 g/mol. The molecule has 2 aromatic rings. The van der Waals surface area contributed by atoms with E-state index in [0.29, 0.717) is 24.2 Å². The highest BCUT2D eigenvalue weighted by atomic mass is 32.2. The molecule has 0 spiro atoms. The normalized spacial score (nSPS) is 16.8. The Labute approximate surface area is 165 Å². The van der Waals surface area contributed by atoms with Gasteiger partial charge in [-0.15, -0.1) is 11.3 Å². The van der Waals surface area contributed by atoms with E-state index in [-0.39, 0.29) is 16.8 Å². The Bertz CT molecular complexity index is 886. The van der Waals surface area contributed by atoms with Crippen molar-refractivity contribution in [3.05, 3.63) is 51.7 Å². The van der Waals surface area contributed by atoms with Gasteiger partial charge in [0.05, 0.1) is 4.90 Å². The summed E-state index contributed by atoms with van der Waals surface area (Å²) in [6.07, 6.45) is 3.60. The smallest absolute Gasteiger partial charge is 0.251 e. The van der Waals surface area contributed by atoms with Gasteiger partial charge < -0.3 is 5.32 Å². The standard InChI is InChI=1S/C20H26N2O3S2/c1-15-8-9-17(20(23)21-16(2)13-18-7-6-12-26-18)14-19(15)27(24,25)22-10-4-3-5-11-22/h6-9,12,14,16H,3-5,10-11,13H2,1-2H3,(H,21,23). The molecular weight excluding hydrogens is 380 g/mol. The van der Waals surface area contributed by atoms with Crippen LogP contribution >= 0.6 is 11.3 Å². The number of sulfonamides is 1. The van der Waals surface area contributed by atoms with Crippen LogP contribution in [0.15, 0.2) is 40.6 Å². The molecule has 0 radical (unpaired) electrons. The van der Waals surface area contributed by atoms with E-state index in [1.165, 1.54) is 10.9 Å². The van der Waals surface area contributed by atoms with Crippen LogP contribution in [0.25, 0.3) is 0 Å². The van der Waals surface area contributed by atoms with E-state index >= 15 is 0 Å². The van der Waals surface area contributed by atoms with Gasteiger partial charge in [-0.1, -0.05) is 18.6 Å². The molecule has 1 amide bonds. The molecule has 0 saturated carbocycles. The van der Waals surface area contributed by atoms with Crippen LogP contribution < -0.4 is 5.32 Å². The van der Waals surface area contributed by atoms with Crippen molar-refractivity contribution >= 4 is 27.3 Å². The second-order valence-electron chi connectivity index (χ2n) is 7.10. The number of hydrogen-bond donors (Lipinski definition) is 1. The van der Waals surface area contributed by atoms with E-state index in [9.17, 15) is 13.2 Å². The first-order chi connectivity index (χ1) is 12.9. The summed E-state index contributed by atoms with van der Waals surface area (Å²) in [6, 6.07) is 8.94. The van der Waals surface area contributed by atoms with Crippen molar-refractivity contribution in [1.29, 1.82) is 0 Å². The SMILES string of the molecule is Cc1ccc(C(=O)NC(C)Cc2cccs2)cc1S(=O)(=O)N1CCCCC1. The summed E-state index contributed by atoms with van der Waals surface area (Å²) in [6.45, 7) is 4.83. The van der Waals surface area contributed by atoms with Crippen molar-refractivity contribution in [2.75, 3.05) is 13.1 Å². The van der Waals surface area contributed by atoms with Crippen LogP contribution in [0.3, 0.4) is 0 Å². The number of nitrogens with zero attached hydrogens (tertiary/aromatic N) is 1. The van der Waals surface area contributed by atoms with Crippen LogP contribution in [0.1, 0.15) is 47.0 Å². The van der Waals surface area contributed by atoms with Crippen molar-refractivity contribution in [2.45, 2.75) is 50.5 Å². The van der Waals surface area contributed by atoms with E-state index in [1.807, 2.05) is 24.4 Å².